The number of piperazine rings is 1. The van der Waals surface area contributed by atoms with Crippen LogP contribution < -0.4 is 15.5 Å². The number of hydrogen-bond acceptors (Lipinski definition) is 6. The van der Waals surface area contributed by atoms with Crippen LogP contribution in [0.25, 0.3) is 5.69 Å². The molecular formula is C25H30BrN5O3. The van der Waals surface area contributed by atoms with E-state index in [1.54, 1.807) is 10.9 Å². The Bertz CT molecular complexity index is 1120. The van der Waals surface area contributed by atoms with Crippen molar-refractivity contribution in [3.05, 3.63) is 69.8 Å². The molecule has 0 saturated carbocycles. The molecule has 1 aliphatic heterocycles. The first-order chi connectivity index (χ1) is 16.6. The number of benzene rings is 2. The average molecular weight is 528 g/mol. The van der Waals surface area contributed by atoms with E-state index in [-0.39, 0.29) is 18.3 Å². The Kier molecular flexibility index (Phi) is 8.18. The fraction of sp³-hybridized carbons (Fsp3) is 0.400. The van der Waals surface area contributed by atoms with Gasteiger partial charge >= 0.3 is 5.69 Å². The van der Waals surface area contributed by atoms with Gasteiger partial charge in [-0.05, 0) is 61.4 Å². The molecule has 1 atom stereocenters. The quantitative estimate of drug-likeness (QED) is 0.296. The van der Waals surface area contributed by atoms with Crippen LogP contribution in [0.4, 0.5) is 11.4 Å². The number of anilines is 2. The highest BCUT2D eigenvalue weighted by molar-refractivity contribution is 9.10. The lowest BCUT2D eigenvalue weighted by Gasteiger charge is -2.37. The number of carbonyl (C=O) groups is 1. The lowest BCUT2D eigenvalue weighted by molar-refractivity contribution is -0.111. The number of carbonyl (C=O) groups excluding carboxylic acids is 1. The summed E-state index contributed by atoms with van der Waals surface area (Å²) < 4.78 is 9.43. The van der Waals surface area contributed by atoms with Gasteiger partial charge in [0.15, 0.2) is 0 Å². The Hall–Kier alpha value is -2.91. The van der Waals surface area contributed by atoms with Gasteiger partial charge in [0.2, 0.25) is 0 Å². The highest BCUT2D eigenvalue weighted by Crippen LogP contribution is 2.23. The van der Waals surface area contributed by atoms with Crippen molar-refractivity contribution in [3.8, 4) is 5.69 Å². The first kappa shape index (κ1) is 24.2. The fourth-order valence-electron chi connectivity index (χ4n) is 4.29. The van der Waals surface area contributed by atoms with Crippen LogP contribution in [0.3, 0.4) is 0 Å². The first-order valence-electron chi connectivity index (χ1n) is 11.6. The third-order valence-corrected chi connectivity index (χ3v) is 6.79. The Morgan fingerprint density at radius 2 is 1.53 bits per heavy atom. The van der Waals surface area contributed by atoms with Crippen LogP contribution in [0.5, 0.6) is 0 Å². The predicted molar refractivity (Wildman–Crippen MR) is 137 cm³/mol. The summed E-state index contributed by atoms with van der Waals surface area (Å²) >= 11 is 3.49. The van der Waals surface area contributed by atoms with E-state index in [1.165, 1.54) is 10.4 Å². The lowest BCUT2D eigenvalue weighted by atomic mass is 10.2. The van der Waals surface area contributed by atoms with Crippen LogP contribution in [-0.2, 0) is 9.53 Å². The fourth-order valence-corrected chi connectivity index (χ4v) is 4.56. The number of ether oxygens (including phenoxy) is 1. The molecule has 1 aromatic heterocycles. The van der Waals surface area contributed by atoms with Gasteiger partial charge in [-0.25, -0.2) is 14.0 Å². The number of halogens is 1. The number of rotatable bonds is 10. The van der Waals surface area contributed by atoms with E-state index < -0.39 is 0 Å². The first-order valence-corrected chi connectivity index (χ1v) is 12.4. The molecule has 3 aromatic rings. The summed E-state index contributed by atoms with van der Waals surface area (Å²) in [5.41, 5.74) is 3.02. The van der Waals surface area contributed by atoms with Gasteiger partial charge in [-0.15, -0.1) is 0 Å². The van der Waals surface area contributed by atoms with E-state index in [2.05, 4.69) is 67.2 Å². The van der Waals surface area contributed by atoms with Gasteiger partial charge in [0.25, 0.3) is 0 Å². The Morgan fingerprint density at radius 3 is 2.09 bits per heavy atom. The molecule has 0 bridgehead atoms. The zero-order chi connectivity index (χ0) is 23.9. The molecule has 1 fully saturated rings. The maximum Gasteiger partial charge on any atom is 0.350 e. The second kappa shape index (κ2) is 11.5. The van der Waals surface area contributed by atoms with Crippen LogP contribution in [0.1, 0.15) is 25.8 Å². The molecule has 1 saturated heterocycles. The second-order valence-electron chi connectivity index (χ2n) is 8.29. The zero-order valence-electron chi connectivity index (χ0n) is 19.3. The molecule has 1 unspecified atom stereocenters. The molecule has 0 amide bonds. The molecule has 1 aliphatic rings. The predicted octanol–water partition coefficient (Wildman–Crippen LogP) is 3.68. The molecule has 0 radical (unpaired) electrons. The van der Waals surface area contributed by atoms with E-state index in [0.29, 0.717) is 13.0 Å². The maximum atomic E-state index is 13.0. The average Bonchev–Trinajstić information content (AvgIpc) is 3.26. The lowest BCUT2D eigenvalue weighted by Crippen LogP contribution is -2.46. The second-order valence-corrected chi connectivity index (χ2v) is 9.20. The summed E-state index contributed by atoms with van der Waals surface area (Å²) in [7, 11) is 0. The standard InChI is InChI=1S/C25H30BrN5O3/c1-2-21(11-17-34-18-16-32)31-25(33)30(19-27-31)24-9-7-23(8-10-24)29-14-12-28(13-15-29)22-5-3-20(26)4-6-22/h3-10,16,19,21H,2,11-15,17-18H2,1H3. The summed E-state index contributed by atoms with van der Waals surface area (Å²) in [5, 5.41) is 4.34. The van der Waals surface area contributed by atoms with Crippen LogP contribution in [0, 0.1) is 0 Å². The van der Waals surface area contributed by atoms with Gasteiger partial charge in [0.05, 0.1) is 11.7 Å². The van der Waals surface area contributed by atoms with Crippen LogP contribution in [0.15, 0.2) is 64.1 Å². The SMILES string of the molecule is CCC(CCOCC=O)n1ncn(-c2ccc(N3CCN(c4ccc(Br)cc4)CC3)cc2)c1=O. The molecule has 4 rings (SSSR count). The van der Waals surface area contributed by atoms with Crippen molar-refractivity contribution in [1.29, 1.82) is 0 Å². The molecule has 180 valence electrons. The van der Waals surface area contributed by atoms with Crippen molar-refractivity contribution in [2.75, 3.05) is 49.2 Å². The minimum Gasteiger partial charge on any atom is -0.374 e. The number of hydrogen-bond donors (Lipinski definition) is 0. The normalized spacial score (nSPS) is 14.9. The van der Waals surface area contributed by atoms with Gasteiger partial charge in [-0.2, -0.15) is 5.10 Å². The summed E-state index contributed by atoms with van der Waals surface area (Å²) in [5.74, 6) is 0. The summed E-state index contributed by atoms with van der Waals surface area (Å²) in [4.78, 5) is 28.2. The van der Waals surface area contributed by atoms with Gasteiger partial charge in [0, 0.05) is 48.6 Å². The van der Waals surface area contributed by atoms with Crippen molar-refractivity contribution in [1.82, 2.24) is 14.3 Å². The van der Waals surface area contributed by atoms with E-state index in [9.17, 15) is 9.59 Å². The van der Waals surface area contributed by atoms with Crippen molar-refractivity contribution in [2.45, 2.75) is 25.8 Å². The molecule has 8 nitrogen and oxygen atoms in total. The van der Waals surface area contributed by atoms with Gasteiger partial charge in [-0.3, -0.25) is 0 Å². The third kappa shape index (κ3) is 5.59. The van der Waals surface area contributed by atoms with E-state index in [1.807, 2.05) is 19.1 Å². The maximum absolute atomic E-state index is 13.0. The zero-order valence-corrected chi connectivity index (χ0v) is 20.9. The molecule has 2 aromatic carbocycles. The highest BCUT2D eigenvalue weighted by Gasteiger charge is 2.19. The molecule has 0 aliphatic carbocycles. The number of aromatic nitrogens is 3. The topological polar surface area (TPSA) is 72.6 Å². The van der Waals surface area contributed by atoms with E-state index >= 15 is 0 Å². The monoisotopic (exact) mass is 527 g/mol. The minimum absolute atomic E-state index is 0.0679. The van der Waals surface area contributed by atoms with Crippen molar-refractivity contribution >= 4 is 33.6 Å². The third-order valence-electron chi connectivity index (χ3n) is 6.26. The minimum atomic E-state index is -0.168. The van der Waals surface area contributed by atoms with E-state index in [4.69, 9.17) is 4.74 Å². The highest BCUT2D eigenvalue weighted by atomic mass is 79.9. The molecular weight excluding hydrogens is 498 g/mol. The molecule has 0 spiro atoms. The Balaban J connectivity index is 1.39. The van der Waals surface area contributed by atoms with Crippen molar-refractivity contribution in [2.24, 2.45) is 0 Å². The van der Waals surface area contributed by atoms with E-state index in [0.717, 1.165) is 54.7 Å². The van der Waals surface area contributed by atoms with Crippen molar-refractivity contribution in [3.63, 3.8) is 0 Å². The van der Waals surface area contributed by atoms with Gasteiger partial charge < -0.3 is 19.3 Å². The van der Waals surface area contributed by atoms with Crippen LogP contribution in [0.2, 0.25) is 0 Å². The molecule has 0 N–H and O–H groups in total. The Labute approximate surface area is 207 Å². The van der Waals surface area contributed by atoms with Crippen LogP contribution in [-0.4, -0.2) is 60.0 Å². The number of aldehydes is 1. The van der Waals surface area contributed by atoms with Gasteiger partial charge in [-0.1, -0.05) is 22.9 Å². The smallest absolute Gasteiger partial charge is 0.350 e. The summed E-state index contributed by atoms with van der Waals surface area (Å²) in [6.07, 6.45) is 3.69. The Morgan fingerprint density at radius 1 is 0.971 bits per heavy atom. The van der Waals surface area contributed by atoms with Crippen molar-refractivity contribution < 1.29 is 9.53 Å². The van der Waals surface area contributed by atoms with Crippen LogP contribution >= 0.6 is 15.9 Å². The molecule has 2 heterocycles. The van der Waals surface area contributed by atoms with Gasteiger partial charge in [0.1, 0.15) is 19.2 Å². The summed E-state index contributed by atoms with van der Waals surface area (Å²) in [6.45, 7) is 6.32. The molecule has 9 heteroatoms. The molecule has 34 heavy (non-hydrogen) atoms. The largest absolute Gasteiger partial charge is 0.374 e. The summed E-state index contributed by atoms with van der Waals surface area (Å²) in [6, 6.07) is 16.5. The number of nitrogens with zero attached hydrogens (tertiary/aromatic N) is 5.